The Bertz CT molecular complexity index is 635. The maximum atomic E-state index is 5.33. The van der Waals surface area contributed by atoms with Crippen molar-refractivity contribution >= 4 is 33.9 Å². The van der Waals surface area contributed by atoms with E-state index in [2.05, 4.69) is 36.4 Å². The van der Waals surface area contributed by atoms with Gasteiger partial charge in [-0.25, -0.2) is 0 Å². The largest absolute Gasteiger partial charge is 0.494 e. The molecule has 0 saturated carbocycles. The minimum Gasteiger partial charge on any atom is -0.494 e. The van der Waals surface area contributed by atoms with Crippen LogP contribution in [0.5, 0.6) is 5.75 Å². The van der Waals surface area contributed by atoms with Crippen molar-refractivity contribution in [2.75, 3.05) is 12.4 Å². The number of nitrogens with zero attached hydrogens (tertiary/aromatic N) is 1. The first kappa shape index (κ1) is 14.5. The summed E-state index contributed by atoms with van der Waals surface area (Å²) in [6, 6.07) is 7.72. The van der Waals surface area contributed by atoms with E-state index >= 15 is 0 Å². The third kappa shape index (κ3) is 3.36. The number of aromatic nitrogens is 1. The maximum Gasteiger partial charge on any atom is 0.171 e. The number of anilines is 1. The third-order valence-electron chi connectivity index (χ3n) is 2.69. The third-order valence-corrected chi connectivity index (χ3v) is 2.89. The summed E-state index contributed by atoms with van der Waals surface area (Å²) in [6.45, 7) is 6.19. The molecule has 1 heterocycles. The summed E-state index contributed by atoms with van der Waals surface area (Å²) in [5.41, 5.74) is 1.65. The van der Waals surface area contributed by atoms with Crippen molar-refractivity contribution in [1.82, 2.24) is 10.3 Å². The van der Waals surface area contributed by atoms with Crippen molar-refractivity contribution in [3.63, 3.8) is 0 Å². The number of nitrogens with one attached hydrogen (secondary N) is 2. The van der Waals surface area contributed by atoms with Crippen LogP contribution in [0.1, 0.15) is 20.8 Å². The lowest BCUT2D eigenvalue weighted by Crippen LogP contribution is -2.42. The molecule has 4 nitrogen and oxygen atoms in total. The second-order valence-corrected chi connectivity index (χ2v) is 5.95. The Morgan fingerprint density at radius 2 is 2.00 bits per heavy atom. The van der Waals surface area contributed by atoms with Gasteiger partial charge in [-0.3, -0.25) is 4.98 Å². The van der Waals surface area contributed by atoms with E-state index in [9.17, 15) is 0 Å². The van der Waals surface area contributed by atoms with E-state index in [0.29, 0.717) is 5.11 Å². The van der Waals surface area contributed by atoms with Gasteiger partial charge in [0.05, 0.1) is 7.11 Å². The van der Waals surface area contributed by atoms with E-state index in [-0.39, 0.29) is 5.54 Å². The molecule has 0 amide bonds. The number of ether oxygens (including phenoxy) is 1. The van der Waals surface area contributed by atoms with Gasteiger partial charge in [0, 0.05) is 22.8 Å². The first-order valence-corrected chi connectivity index (χ1v) is 6.82. The highest BCUT2D eigenvalue weighted by Gasteiger charge is 2.13. The molecule has 0 saturated heterocycles. The van der Waals surface area contributed by atoms with Crippen LogP contribution in [0, 0.1) is 0 Å². The van der Waals surface area contributed by atoms with E-state index in [4.69, 9.17) is 17.0 Å². The summed E-state index contributed by atoms with van der Waals surface area (Å²) in [5, 5.41) is 8.01. The summed E-state index contributed by atoms with van der Waals surface area (Å²) in [7, 11) is 1.64. The van der Waals surface area contributed by atoms with Crippen molar-refractivity contribution in [1.29, 1.82) is 0 Å². The summed E-state index contributed by atoms with van der Waals surface area (Å²) >= 11 is 5.33. The molecule has 0 bridgehead atoms. The summed E-state index contributed by atoms with van der Waals surface area (Å²) in [5.74, 6) is 0.751. The fraction of sp³-hybridized carbons (Fsp3) is 0.333. The summed E-state index contributed by atoms with van der Waals surface area (Å²) < 4.78 is 5.33. The molecule has 2 aromatic rings. The lowest BCUT2D eigenvalue weighted by molar-refractivity contribution is 0.419. The van der Waals surface area contributed by atoms with E-state index in [0.717, 1.165) is 22.3 Å². The molecule has 2 rings (SSSR count). The van der Waals surface area contributed by atoms with E-state index in [1.54, 1.807) is 13.3 Å². The predicted molar refractivity (Wildman–Crippen MR) is 87.4 cm³/mol. The number of fused-ring (bicyclic) bond motifs is 1. The molecule has 0 aliphatic carbocycles. The van der Waals surface area contributed by atoms with Crippen LogP contribution in [-0.2, 0) is 0 Å². The minimum atomic E-state index is -0.0788. The number of pyridine rings is 1. The SMILES string of the molecule is COc1ccc(NC(=S)NC(C)(C)C)c2cccnc12. The molecule has 0 fully saturated rings. The van der Waals surface area contributed by atoms with Gasteiger partial charge in [0.1, 0.15) is 11.3 Å². The fourth-order valence-corrected chi connectivity index (χ4v) is 2.33. The zero-order valence-electron chi connectivity index (χ0n) is 12.2. The van der Waals surface area contributed by atoms with Gasteiger partial charge in [0.25, 0.3) is 0 Å². The van der Waals surface area contributed by atoms with E-state index in [1.165, 1.54) is 0 Å². The van der Waals surface area contributed by atoms with Crippen LogP contribution in [0.4, 0.5) is 5.69 Å². The molecule has 1 aromatic heterocycles. The van der Waals surface area contributed by atoms with Crippen LogP contribution in [0.15, 0.2) is 30.5 Å². The van der Waals surface area contributed by atoms with Crippen molar-refractivity contribution in [3.05, 3.63) is 30.5 Å². The molecule has 0 unspecified atom stereocenters. The molecular weight excluding hydrogens is 270 g/mol. The van der Waals surface area contributed by atoms with Crippen LogP contribution in [-0.4, -0.2) is 22.7 Å². The monoisotopic (exact) mass is 289 g/mol. The van der Waals surface area contributed by atoms with Crippen molar-refractivity contribution in [3.8, 4) is 5.75 Å². The van der Waals surface area contributed by atoms with Crippen LogP contribution in [0.25, 0.3) is 10.9 Å². The topological polar surface area (TPSA) is 46.2 Å². The van der Waals surface area contributed by atoms with Crippen LogP contribution >= 0.6 is 12.2 Å². The molecule has 5 heteroatoms. The van der Waals surface area contributed by atoms with Gasteiger partial charge in [0.2, 0.25) is 0 Å². The number of hydrogen-bond acceptors (Lipinski definition) is 3. The number of hydrogen-bond donors (Lipinski definition) is 2. The first-order valence-electron chi connectivity index (χ1n) is 6.41. The Balaban J connectivity index is 2.34. The van der Waals surface area contributed by atoms with E-state index < -0.39 is 0 Å². The maximum absolute atomic E-state index is 5.33. The lowest BCUT2D eigenvalue weighted by Gasteiger charge is -2.23. The number of rotatable bonds is 2. The molecular formula is C15H19N3OS. The smallest absolute Gasteiger partial charge is 0.171 e. The Labute approximate surface area is 124 Å². The molecule has 106 valence electrons. The minimum absolute atomic E-state index is 0.0788. The Morgan fingerprint density at radius 3 is 2.65 bits per heavy atom. The average Bonchev–Trinajstić information content (AvgIpc) is 2.37. The van der Waals surface area contributed by atoms with Gasteiger partial charge in [-0.2, -0.15) is 0 Å². The van der Waals surface area contributed by atoms with Gasteiger partial charge in [-0.05, 0) is 57.3 Å². The summed E-state index contributed by atoms with van der Waals surface area (Å²) in [4.78, 5) is 4.37. The van der Waals surface area contributed by atoms with Gasteiger partial charge >= 0.3 is 0 Å². The fourth-order valence-electron chi connectivity index (χ4n) is 1.91. The lowest BCUT2D eigenvalue weighted by atomic mass is 10.1. The zero-order chi connectivity index (χ0) is 14.8. The second-order valence-electron chi connectivity index (χ2n) is 5.54. The highest BCUT2D eigenvalue weighted by molar-refractivity contribution is 7.80. The Morgan fingerprint density at radius 1 is 1.25 bits per heavy atom. The van der Waals surface area contributed by atoms with E-state index in [1.807, 2.05) is 24.3 Å². The van der Waals surface area contributed by atoms with Crippen molar-refractivity contribution < 1.29 is 4.74 Å². The predicted octanol–water partition coefficient (Wildman–Crippen LogP) is 3.33. The van der Waals surface area contributed by atoms with Gasteiger partial charge < -0.3 is 15.4 Å². The average molecular weight is 289 g/mol. The molecule has 0 aliphatic rings. The van der Waals surface area contributed by atoms with Gasteiger partial charge in [0.15, 0.2) is 5.11 Å². The molecule has 0 radical (unpaired) electrons. The number of benzene rings is 1. The molecule has 2 N–H and O–H groups in total. The van der Waals surface area contributed by atoms with Crippen LogP contribution in [0.3, 0.4) is 0 Å². The van der Waals surface area contributed by atoms with Gasteiger partial charge in [-0.1, -0.05) is 0 Å². The molecule has 0 atom stereocenters. The van der Waals surface area contributed by atoms with Crippen molar-refractivity contribution in [2.45, 2.75) is 26.3 Å². The molecule has 20 heavy (non-hydrogen) atoms. The van der Waals surface area contributed by atoms with Crippen LogP contribution in [0.2, 0.25) is 0 Å². The molecule has 1 aromatic carbocycles. The highest BCUT2D eigenvalue weighted by Crippen LogP contribution is 2.29. The first-order chi connectivity index (χ1) is 9.40. The normalized spacial score (nSPS) is 11.2. The Hall–Kier alpha value is -1.88. The van der Waals surface area contributed by atoms with Crippen LogP contribution < -0.4 is 15.4 Å². The standard InChI is InChI=1S/C15H19N3OS/c1-15(2,3)18-14(20)17-11-7-8-12(19-4)13-10(11)6-5-9-16-13/h5-9H,1-4H3,(H2,17,18,20). The quantitative estimate of drug-likeness (QED) is 0.830. The molecule has 0 aliphatic heterocycles. The Kier molecular flexibility index (Phi) is 4.09. The zero-order valence-corrected chi connectivity index (χ0v) is 13.0. The van der Waals surface area contributed by atoms with Gasteiger partial charge in [-0.15, -0.1) is 0 Å². The second kappa shape index (κ2) is 5.63. The number of thiocarbonyl (C=S) groups is 1. The summed E-state index contributed by atoms with van der Waals surface area (Å²) in [6.07, 6.45) is 1.75. The molecule has 0 spiro atoms. The van der Waals surface area contributed by atoms with Crippen molar-refractivity contribution in [2.24, 2.45) is 0 Å². The highest BCUT2D eigenvalue weighted by atomic mass is 32.1. The number of methoxy groups -OCH3 is 1.